The third kappa shape index (κ3) is 3.87. The summed E-state index contributed by atoms with van der Waals surface area (Å²) in [6.07, 6.45) is 6.25. The van der Waals surface area contributed by atoms with Gasteiger partial charge in [0.05, 0.1) is 11.2 Å². The molecule has 0 bridgehead atoms. The molecule has 0 radical (unpaired) electrons. The number of hydrogen-bond acceptors (Lipinski definition) is 3. The normalized spacial score (nSPS) is 26.0. The highest BCUT2D eigenvalue weighted by molar-refractivity contribution is 7.09. The van der Waals surface area contributed by atoms with Crippen LogP contribution < -0.4 is 5.32 Å². The molecule has 3 heteroatoms. The number of nitrogens with one attached hydrogen (secondary N) is 1. The lowest BCUT2D eigenvalue weighted by molar-refractivity contribution is 0.118. The van der Waals surface area contributed by atoms with Crippen molar-refractivity contribution in [3.05, 3.63) is 16.1 Å². The van der Waals surface area contributed by atoms with Crippen LogP contribution in [0.1, 0.15) is 84.3 Å². The predicted molar refractivity (Wildman–Crippen MR) is 93.0 cm³/mol. The molecule has 1 atom stereocenters. The van der Waals surface area contributed by atoms with Gasteiger partial charge in [0.25, 0.3) is 0 Å². The van der Waals surface area contributed by atoms with Crippen molar-refractivity contribution in [2.75, 3.05) is 6.54 Å². The summed E-state index contributed by atoms with van der Waals surface area (Å²) in [5.74, 6) is 0. The van der Waals surface area contributed by atoms with Crippen LogP contribution in [-0.4, -0.2) is 11.5 Å². The van der Waals surface area contributed by atoms with Gasteiger partial charge in [-0.3, -0.25) is 0 Å². The Morgan fingerprint density at radius 1 is 1.29 bits per heavy atom. The Morgan fingerprint density at radius 2 is 2.00 bits per heavy atom. The van der Waals surface area contributed by atoms with Gasteiger partial charge in [0.15, 0.2) is 0 Å². The Bertz CT molecular complexity index is 470. The summed E-state index contributed by atoms with van der Waals surface area (Å²) in [6.45, 7) is 14.9. The first-order chi connectivity index (χ1) is 9.69. The number of nitrogens with zero attached hydrogens (tertiary/aromatic N) is 1. The number of hydrogen-bond donors (Lipinski definition) is 1. The van der Waals surface area contributed by atoms with E-state index in [0.29, 0.717) is 5.41 Å². The molecule has 0 saturated heterocycles. The third-order valence-electron chi connectivity index (χ3n) is 4.63. The molecule has 1 heterocycles. The van der Waals surface area contributed by atoms with Crippen LogP contribution in [0.25, 0.3) is 0 Å². The molecule has 120 valence electrons. The lowest BCUT2D eigenvalue weighted by Crippen LogP contribution is -2.48. The van der Waals surface area contributed by atoms with E-state index >= 15 is 0 Å². The molecule has 1 saturated carbocycles. The zero-order valence-corrected chi connectivity index (χ0v) is 15.5. The fourth-order valence-corrected chi connectivity index (χ4v) is 4.73. The largest absolute Gasteiger partial charge is 0.305 e. The average molecular weight is 309 g/mol. The van der Waals surface area contributed by atoms with Crippen LogP contribution in [0.2, 0.25) is 0 Å². The van der Waals surface area contributed by atoms with E-state index in [0.717, 1.165) is 6.54 Å². The Morgan fingerprint density at radius 3 is 2.52 bits per heavy atom. The van der Waals surface area contributed by atoms with E-state index in [2.05, 4.69) is 52.2 Å². The van der Waals surface area contributed by atoms with E-state index in [4.69, 9.17) is 4.98 Å². The standard InChI is InChI=1S/C18H32N2S/c1-7-11-19-18(10-8-9-17(5,6)13-18)15-20-14(12-21-15)16(2,3)4/h12,19H,7-11,13H2,1-6H3. The summed E-state index contributed by atoms with van der Waals surface area (Å²) in [4.78, 5) is 5.05. The van der Waals surface area contributed by atoms with Crippen LogP contribution in [0.5, 0.6) is 0 Å². The van der Waals surface area contributed by atoms with Gasteiger partial charge in [-0.1, -0.05) is 48.0 Å². The summed E-state index contributed by atoms with van der Waals surface area (Å²) in [5.41, 5.74) is 1.90. The maximum atomic E-state index is 5.05. The lowest BCUT2D eigenvalue weighted by Gasteiger charge is -2.44. The van der Waals surface area contributed by atoms with Gasteiger partial charge >= 0.3 is 0 Å². The molecule has 1 aromatic rings. The summed E-state index contributed by atoms with van der Waals surface area (Å²) in [5, 5.41) is 7.45. The van der Waals surface area contributed by atoms with E-state index in [-0.39, 0.29) is 11.0 Å². The Hall–Kier alpha value is -0.410. The Kier molecular flexibility index (Phi) is 4.84. The van der Waals surface area contributed by atoms with Crippen molar-refractivity contribution in [3.63, 3.8) is 0 Å². The molecule has 0 amide bonds. The first-order valence-corrected chi connectivity index (χ1v) is 9.28. The molecule has 1 N–H and O–H groups in total. The van der Waals surface area contributed by atoms with E-state index in [1.54, 1.807) is 0 Å². The molecule has 1 unspecified atom stereocenters. The number of thiazole rings is 1. The number of aromatic nitrogens is 1. The van der Waals surface area contributed by atoms with Crippen molar-refractivity contribution in [1.82, 2.24) is 10.3 Å². The first kappa shape index (κ1) is 17.0. The average Bonchev–Trinajstić information content (AvgIpc) is 2.85. The van der Waals surface area contributed by atoms with Crippen LogP contribution >= 0.6 is 11.3 Å². The van der Waals surface area contributed by atoms with Gasteiger partial charge in [0.1, 0.15) is 5.01 Å². The second kappa shape index (κ2) is 6.00. The third-order valence-corrected chi connectivity index (χ3v) is 5.68. The highest BCUT2D eigenvalue weighted by Crippen LogP contribution is 2.47. The minimum atomic E-state index is 0.103. The van der Waals surface area contributed by atoms with Gasteiger partial charge in [-0.15, -0.1) is 11.3 Å². The zero-order valence-electron chi connectivity index (χ0n) is 14.7. The van der Waals surface area contributed by atoms with Crippen LogP contribution in [0, 0.1) is 5.41 Å². The monoisotopic (exact) mass is 308 g/mol. The zero-order chi connectivity index (χ0) is 15.7. The molecule has 2 rings (SSSR count). The maximum Gasteiger partial charge on any atom is 0.113 e. The molecular weight excluding hydrogens is 276 g/mol. The lowest BCUT2D eigenvalue weighted by atomic mass is 9.68. The summed E-state index contributed by atoms with van der Waals surface area (Å²) >= 11 is 1.86. The van der Waals surface area contributed by atoms with Gasteiger partial charge in [-0.05, 0) is 37.6 Å². The van der Waals surface area contributed by atoms with Crippen LogP contribution in [-0.2, 0) is 11.0 Å². The summed E-state index contributed by atoms with van der Waals surface area (Å²) in [6, 6.07) is 0. The van der Waals surface area contributed by atoms with Crippen molar-refractivity contribution in [3.8, 4) is 0 Å². The fourth-order valence-electron chi connectivity index (χ4n) is 3.47. The number of rotatable bonds is 4. The van der Waals surface area contributed by atoms with Crippen LogP contribution in [0.15, 0.2) is 5.38 Å². The molecule has 0 spiro atoms. The van der Waals surface area contributed by atoms with Crippen molar-refractivity contribution in [2.45, 2.75) is 84.6 Å². The molecule has 2 nitrogen and oxygen atoms in total. The van der Waals surface area contributed by atoms with E-state index in [1.165, 1.54) is 42.8 Å². The molecule has 0 aromatic carbocycles. The Balaban J connectivity index is 2.33. The second-order valence-corrected chi connectivity index (χ2v) is 9.35. The predicted octanol–water partition coefficient (Wildman–Crippen LogP) is 5.24. The highest BCUT2D eigenvalue weighted by Gasteiger charge is 2.43. The molecule has 0 aliphatic heterocycles. The van der Waals surface area contributed by atoms with Crippen LogP contribution in [0.3, 0.4) is 0 Å². The highest BCUT2D eigenvalue weighted by atomic mass is 32.1. The topological polar surface area (TPSA) is 24.9 Å². The van der Waals surface area contributed by atoms with Gasteiger partial charge in [0, 0.05) is 10.8 Å². The van der Waals surface area contributed by atoms with Crippen molar-refractivity contribution >= 4 is 11.3 Å². The maximum absolute atomic E-state index is 5.05. The van der Waals surface area contributed by atoms with E-state index < -0.39 is 0 Å². The van der Waals surface area contributed by atoms with Crippen molar-refractivity contribution < 1.29 is 0 Å². The quantitative estimate of drug-likeness (QED) is 0.823. The van der Waals surface area contributed by atoms with Crippen LogP contribution in [0.4, 0.5) is 0 Å². The SMILES string of the molecule is CCCNC1(c2nc(C(C)(C)C)cs2)CCCC(C)(C)C1. The smallest absolute Gasteiger partial charge is 0.113 e. The minimum Gasteiger partial charge on any atom is -0.305 e. The van der Waals surface area contributed by atoms with Crippen molar-refractivity contribution in [2.24, 2.45) is 5.41 Å². The summed E-state index contributed by atoms with van der Waals surface area (Å²) < 4.78 is 0. The van der Waals surface area contributed by atoms with Gasteiger partial charge in [-0.2, -0.15) is 0 Å². The second-order valence-electron chi connectivity index (χ2n) is 8.49. The van der Waals surface area contributed by atoms with Crippen molar-refractivity contribution in [1.29, 1.82) is 0 Å². The minimum absolute atomic E-state index is 0.103. The first-order valence-electron chi connectivity index (χ1n) is 8.40. The molecule has 21 heavy (non-hydrogen) atoms. The van der Waals surface area contributed by atoms with E-state index in [1.807, 2.05) is 11.3 Å². The molecular formula is C18H32N2S. The summed E-state index contributed by atoms with van der Waals surface area (Å²) in [7, 11) is 0. The molecule has 1 aromatic heterocycles. The fraction of sp³-hybridized carbons (Fsp3) is 0.833. The Labute approximate surface area is 134 Å². The van der Waals surface area contributed by atoms with Gasteiger partial charge in [0.2, 0.25) is 0 Å². The molecule has 1 aliphatic carbocycles. The van der Waals surface area contributed by atoms with Gasteiger partial charge < -0.3 is 5.32 Å². The van der Waals surface area contributed by atoms with Gasteiger partial charge in [-0.25, -0.2) is 4.98 Å². The molecule has 1 aliphatic rings. The molecule has 1 fully saturated rings. The van der Waals surface area contributed by atoms with E-state index in [9.17, 15) is 0 Å².